The first-order valence-corrected chi connectivity index (χ1v) is 14.3. The van der Waals surface area contributed by atoms with Crippen molar-refractivity contribution in [3.63, 3.8) is 0 Å². The zero-order valence-corrected chi connectivity index (χ0v) is 22.5. The zero-order chi connectivity index (χ0) is 27.4. The van der Waals surface area contributed by atoms with E-state index in [0.717, 1.165) is 12.0 Å². The van der Waals surface area contributed by atoms with E-state index in [4.69, 9.17) is 15.2 Å². The van der Waals surface area contributed by atoms with Crippen LogP contribution in [-0.4, -0.2) is 73.8 Å². The smallest absolute Gasteiger partial charge is 0.404 e. The molecular weight excluding hydrogens is 510 g/mol. The number of carbonyl (C=O) groups is 1. The van der Waals surface area contributed by atoms with Crippen molar-refractivity contribution in [1.82, 2.24) is 9.62 Å². The number of nitrogens with zero attached hydrogens (tertiary/aromatic N) is 1. The van der Waals surface area contributed by atoms with E-state index in [2.05, 4.69) is 5.32 Å². The van der Waals surface area contributed by atoms with Gasteiger partial charge in [0.15, 0.2) is 6.29 Å². The van der Waals surface area contributed by atoms with Gasteiger partial charge in [0.05, 0.1) is 30.3 Å². The number of nitrogen functional groups attached to an aromatic ring is 1. The Morgan fingerprint density at radius 3 is 2.42 bits per heavy atom. The lowest BCUT2D eigenvalue weighted by Gasteiger charge is -2.38. The van der Waals surface area contributed by atoms with Crippen molar-refractivity contribution in [2.24, 2.45) is 17.8 Å². The Kier molecular flexibility index (Phi) is 8.94. The van der Waals surface area contributed by atoms with Crippen LogP contribution in [0.2, 0.25) is 0 Å². The van der Waals surface area contributed by atoms with Crippen LogP contribution in [-0.2, 0) is 19.5 Å². The molecule has 2 fully saturated rings. The number of ether oxygens (including phenoxy) is 2. The van der Waals surface area contributed by atoms with Crippen LogP contribution in [0.5, 0.6) is 0 Å². The van der Waals surface area contributed by atoms with Crippen molar-refractivity contribution in [3.8, 4) is 0 Å². The van der Waals surface area contributed by atoms with Gasteiger partial charge in [0, 0.05) is 30.6 Å². The topological polar surface area (TPSA) is 151 Å². The third kappa shape index (κ3) is 6.29. The van der Waals surface area contributed by atoms with Crippen LogP contribution in [0.25, 0.3) is 0 Å². The number of fused-ring (bicyclic) bond motifs is 1. The highest BCUT2D eigenvalue weighted by Crippen LogP contribution is 2.45. The Bertz CT molecular complexity index is 1180. The number of amides is 1. The van der Waals surface area contributed by atoms with Crippen molar-refractivity contribution >= 4 is 21.8 Å². The number of anilines is 1. The average molecular weight is 548 g/mol. The molecule has 1 unspecified atom stereocenters. The zero-order valence-electron chi connectivity index (χ0n) is 21.6. The second-order valence-electron chi connectivity index (χ2n) is 10.5. The minimum atomic E-state index is -4.00. The number of rotatable bonds is 11. The molecule has 208 valence electrons. The molecule has 0 spiro atoms. The third-order valence-corrected chi connectivity index (χ3v) is 9.15. The monoisotopic (exact) mass is 547 g/mol. The summed E-state index contributed by atoms with van der Waals surface area (Å²) < 4.78 is 40.0. The molecule has 11 heteroatoms. The molecular formula is C27H37N3O7S. The normalized spacial score (nSPS) is 23.8. The minimum absolute atomic E-state index is 0.0378. The van der Waals surface area contributed by atoms with E-state index in [1.165, 1.54) is 28.6 Å². The number of benzene rings is 2. The van der Waals surface area contributed by atoms with E-state index in [1.807, 2.05) is 44.2 Å². The lowest BCUT2D eigenvalue weighted by Crippen LogP contribution is -2.54. The van der Waals surface area contributed by atoms with Gasteiger partial charge in [-0.25, -0.2) is 13.2 Å². The van der Waals surface area contributed by atoms with E-state index >= 15 is 0 Å². The van der Waals surface area contributed by atoms with Gasteiger partial charge in [0.25, 0.3) is 0 Å². The highest BCUT2D eigenvalue weighted by Gasteiger charge is 2.49. The molecule has 38 heavy (non-hydrogen) atoms. The Balaban J connectivity index is 1.69. The first-order chi connectivity index (χ1) is 18.1. The summed E-state index contributed by atoms with van der Waals surface area (Å²) in [4.78, 5) is 12.0. The summed E-state index contributed by atoms with van der Waals surface area (Å²) in [7, 11) is -4.00. The van der Waals surface area contributed by atoms with Crippen molar-refractivity contribution in [2.45, 2.75) is 49.5 Å². The molecule has 1 amide bonds. The van der Waals surface area contributed by atoms with E-state index < -0.39 is 34.2 Å². The van der Waals surface area contributed by atoms with Crippen LogP contribution in [0.3, 0.4) is 0 Å². The lowest BCUT2D eigenvalue weighted by molar-refractivity contribution is -0.0906. The number of hydrogen-bond acceptors (Lipinski definition) is 7. The standard InChI is InChI=1S/C27H37N3O7S/c1-17(2)14-30(38(34,35)20-10-8-19(28)9-11-20)15-23(31)25(29-27(32)33)24(18-6-4-3-5-7-18)22-16-37-26-21(22)12-13-36-26/h3-11,17,21-26,29,31H,12-16,28H2,1-2H3,(H,32,33)/t21-,22-,23+,24?,25+,26+/m0/s1. The summed E-state index contributed by atoms with van der Waals surface area (Å²) in [5.41, 5.74) is 7.02. The first kappa shape index (κ1) is 28.3. The Labute approximate surface area is 223 Å². The van der Waals surface area contributed by atoms with Gasteiger partial charge >= 0.3 is 6.09 Å². The molecule has 0 saturated carbocycles. The maximum atomic E-state index is 13.6. The molecule has 2 aromatic carbocycles. The Morgan fingerprint density at radius 1 is 1.11 bits per heavy atom. The van der Waals surface area contributed by atoms with Crippen LogP contribution in [0, 0.1) is 17.8 Å². The molecule has 0 radical (unpaired) electrons. The van der Waals surface area contributed by atoms with E-state index in [9.17, 15) is 23.4 Å². The maximum absolute atomic E-state index is 13.6. The summed E-state index contributed by atoms with van der Waals surface area (Å²) in [6.45, 7) is 4.51. The molecule has 0 aromatic heterocycles. The number of carboxylic acid groups (broad SMARTS) is 1. The highest BCUT2D eigenvalue weighted by molar-refractivity contribution is 7.89. The summed E-state index contributed by atoms with van der Waals surface area (Å²) in [5, 5.41) is 23.9. The number of aliphatic hydroxyl groups excluding tert-OH is 1. The van der Waals surface area contributed by atoms with Gasteiger partial charge in [-0.05, 0) is 48.1 Å². The predicted octanol–water partition coefficient (Wildman–Crippen LogP) is 2.71. The molecule has 2 saturated heterocycles. The fourth-order valence-electron chi connectivity index (χ4n) is 5.62. The largest absolute Gasteiger partial charge is 0.465 e. The van der Waals surface area contributed by atoms with Crippen molar-refractivity contribution in [3.05, 3.63) is 60.2 Å². The highest BCUT2D eigenvalue weighted by atomic mass is 32.2. The van der Waals surface area contributed by atoms with Crippen LogP contribution in [0.1, 0.15) is 31.7 Å². The minimum Gasteiger partial charge on any atom is -0.465 e. The molecule has 2 aliphatic heterocycles. The van der Waals surface area contributed by atoms with Gasteiger partial charge < -0.3 is 30.7 Å². The number of nitrogens with one attached hydrogen (secondary N) is 1. The number of sulfonamides is 1. The SMILES string of the molecule is CC(C)CN(C[C@@H](O)[C@@H](NC(=O)O)C(c1ccccc1)[C@H]1CO[C@H]2OCC[C@H]21)S(=O)(=O)c1ccc(N)cc1. The molecule has 0 aliphatic carbocycles. The fraction of sp³-hybridized carbons (Fsp3) is 0.519. The van der Waals surface area contributed by atoms with E-state index in [0.29, 0.717) is 18.9 Å². The van der Waals surface area contributed by atoms with Gasteiger partial charge in [0.2, 0.25) is 10.0 Å². The molecule has 6 atom stereocenters. The number of aliphatic hydroxyl groups is 1. The maximum Gasteiger partial charge on any atom is 0.404 e. The summed E-state index contributed by atoms with van der Waals surface area (Å²) >= 11 is 0. The van der Waals surface area contributed by atoms with Gasteiger partial charge in [-0.2, -0.15) is 4.31 Å². The Hall–Kier alpha value is -2.70. The third-order valence-electron chi connectivity index (χ3n) is 7.30. The predicted molar refractivity (Wildman–Crippen MR) is 142 cm³/mol. The summed E-state index contributed by atoms with van der Waals surface area (Å²) in [5.74, 6) is -0.611. The Morgan fingerprint density at radius 2 is 1.79 bits per heavy atom. The van der Waals surface area contributed by atoms with Gasteiger partial charge in [-0.15, -0.1) is 0 Å². The van der Waals surface area contributed by atoms with Crippen molar-refractivity contribution in [1.29, 1.82) is 0 Å². The summed E-state index contributed by atoms with van der Waals surface area (Å²) in [6, 6.07) is 14.3. The second-order valence-corrected chi connectivity index (χ2v) is 12.4. The number of hydrogen-bond donors (Lipinski definition) is 4. The number of nitrogens with two attached hydrogens (primary N) is 1. The molecule has 4 rings (SSSR count). The second kappa shape index (κ2) is 12.0. The van der Waals surface area contributed by atoms with Crippen LogP contribution in [0.15, 0.2) is 59.5 Å². The molecule has 2 aromatic rings. The molecule has 2 aliphatic rings. The lowest BCUT2D eigenvalue weighted by atomic mass is 9.73. The van der Waals surface area contributed by atoms with Crippen LogP contribution < -0.4 is 11.1 Å². The molecule has 2 heterocycles. The average Bonchev–Trinajstić information content (AvgIpc) is 3.49. The van der Waals surface area contributed by atoms with E-state index in [1.54, 1.807) is 0 Å². The van der Waals surface area contributed by atoms with Crippen LogP contribution >= 0.6 is 0 Å². The quantitative estimate of drug-likeness (QED) is 0.314. The van der Waals surface area contributed by atoms with Crippen molar-refractivity contribution in [2.75, 3.05) is 32.0 Å². The van der Waals surface area contributed by atoms with Crippen LogP contribution in [0.4, 0.5) is 10.5 Å². The molecule has 0 bridgehead atoms. The molecule has 5 N–H and O–H groups in total. The fourth-order valence-corrected chi connectivity index (χ4v) is 7.24. The van der Waals surface area contributed by atoms with Gasteiger partial charge in [0.1, 0.15) is 0 Å². The molecule has 10 nitrogen and oxygen atoms in total. The van der Waals surface area contributed by atoms with Gasteiger partial charge in [-0.1, -0.05) is 44.2 Å². The van der Waals surface area contributed by atoms with E-state index in [-0.39, 0.29) is 42.0 Å². The van der Waals surface area contributed by atoms with Gasteiger partial charge in [-0.3, -0.25) is 0 Å². The first-order valence-electron chi connectivity index (χ1n) is 12.9. The summed E-state index contributed by atoms with van der Waals surface area (Å²) in [6.07, 6.45) is -2.25. The van der Waals surface area contributed by atoms with Crippen molar-refractivity contribution < 1.29 is 32.9 Å².